The standard InChI is InChI=1S/C28H36N2O5.C22H42O4.C13H26N2O3.C8H17NO2.CH3F.2CO2.2CH4/c1-27(2,3)15-24(31)30-23(25(32)35-28(4,5)6)16-29-26(33)34-17-22-20-13-9-7-11-18(20)19-12-8-10-14-21(19)22;1-22(2,3)26-21(24)18-16-14-12-10-8-6-4-5-7-9-11-13-15-17-19-25-20-23;1-12(2,3)7-10(16)15-9(8-14)11(17)18-13(4,5)6;1-5-6(9)7(10)11-8(2,3)4;1-2;2*2-1-3;;/h7-14,22-23H,15-17H2,1-6H3,(H,29,33)(H,30,31);20H,4-19H2,1-3H3;9H,7-8,14H2,1-6H3,(H,15,16);6H,5,9H2,1-4H3;1H3;;;2*1H4/t23-;;9-;6-;;;;;/m0.00...../s1/i;;;;1D;;;;. The van der Waals surface area contributed by atoms with Crippen molar-refractivity contribution in [3.63, 3.8) is 0 Å². The van der Waals surface area contributed by atoms with E-state index < -0.39 is 60.1 Å². The molecule has 3 rings (SSSR count). The summed E-state index contributed by atoms with van der Waals surface area (Å²) in [4.78, 5) is 126. The number of hydrogen-bond acceptors (Lipinski definition) is 20. The Balaban J connectivity index is -0.000000302. The van der Waals surface area contributed by atoms with Crippen molar-refractivity contribution >= 4 is 60.6 Å². The highest BCUT2D eigenvalue weighted by Crippen LogP contribution is 2.44. The molecule has 0 unspecified atom stereocenters. The van der Waals surface area contributed by atoms with Crippen molar-refractivity contribution in [1.29, 1.82) is 0 Å². The number of ether oxygens (including phenoxy) is 6. The number of alkyl halides is 1. The van der Waals surface area contributed by atoms with Gasteiger partial charge in [-0.2, -0.15) is 19.2 Å². The van der Waals surface area contributed by atoms with E-state index in [0.717, 1.165) is 41.5 Å². The fraction of sp³-hybridized carbons (Fsp3) is 0.711. The Hall–Kier alpha value is -7.39. The normalized spacial score (nSPS) is 12.2. The van der Waals surface area contributed by atoms with Gasteiger partial charge in [0, 0.05) is 31.7 Å². The molecule has 2 aromatic rings. The summed E-state index contributed by atoms with van der Waals surface area (Å²) in [7, 11) is -1.00. The zero-order chi connectivity index (χ0) is 77.1. The van der Waals surface area contributed by atoms with Crippen LogP contribution in [0.4, 0.5) is 9.18 Å². The second kappa shape index (κ2) is 56.3. The Labute approximate surface area is 600 Å². The van der Waals surface area contributed by atoms with E-state index in [4.69, 9.17) is 55.7 Å². The molecular formula is C76H132FN5O18. The molecule has 3 amide bonds. The lowest BCUT2D eigenvalue weighted by Gasteiger charge is -2.26. The summed E-state index contributed by atoms with van der Waals surface area (Å²) < 4.78 is 46.7. The SMILES string of the molecule is C.C.CC(C)(C)CC(=O)N[C@@H](CN)C(=O)OC(C)(C)C.CC(C)(C)CC(=O)N[C@@H](CNC(=O)OCC1c2ccccc2-c2ccccc21)C(=O)OC(C)(C)C.CC(C)(C)OC(=O)CCCCCCCCCCCCCCCCOC=O.CC[C@H](N)C(=O)OC(C)(C)C.O=C=O.O=C=O.[2H]CF. The van der Waals surface area contributed by atoms with Crippen molar-refractivity contribution in [3.8, 4) is 11.1 Å². The van der Waals surface area contributed by atoms with E-state index in [1.165, 1.54) is 70.6 Å². The summed E-state index contributed by atoms with van der Waals surface area (Å²) in [5.41, 5.74) is 13.0. The van der Waals surface area contributed by atoms with E-state index in [1.54, 1.807) is 41.5 Å². The third kappa shape index (κ3) is 60.6. The van der Waals surface area contributed by atoms with Crippen molar-refractivity contribution in [1.82, 2.24) is 16.0 Å². The molecule has 1 aliphatic rings. The molecule has 2 aromatic carbocycles. The van der Waals surface area contributed by atoms with Crippen LogP contribution in [0.25, 0.3) is 11.1 Å². The summed E-state index contributed by atoms with van der Waals surface area (Å²) in [6.45, 7) is 36.5. The van der Waals surface area contributed by atoms with Crippen LogP contribution in [-0.4, -0.2) is 135 Å². The average Bonchev–Trinajstić information content (AvgIpc) is 1.62. The van der Waals surface area contributed by atoms with E-state index in [9.17, 15) is 42.7 Å². The van der Waals surface area contributed by atoms with Gasteiger partial charge in [-0.05, 0) is 135 Å². The lowest BCUT2D eigenvalue weighted by atomic mass is 9.92. The quantitative estimate of drug-likeness (QED) is 0.0203. The monoisotopic (exact) mass is 1420 g/mol. The molecule has 0 aliphatic heterocycles. The van der Waals surface area contributed by atoms with E-state index in [0.29, 0.717) is 32.3 Å². The van der Waals surface area contributed by atoms with Gasteiger partial charge in [0.15, 0.2) is 0 Å². The van der Waals surface area contributed by atoms with Crippen LogP contribution in [0, 0.1) is 10.8 Å². The third-order valence-corrected chi connectivity index (χ3v) is 13.0. The molecule has 0 saturated carbocycles. The minimum Gasteiger partial charge on any atom is -0.468 e. The Morgan fingerprint density at radius 3 is 1.22 bits per heavy atom. The van der Waals surface area contributed by atoms with E-state index in [2.05, 4.69) is 32.8 Å². The van der Waals surface area contributed by atoms with E-state index in [1.807, 2.05) is 126 Å². The zero-order valence-electron chi connectivity index (χ0n) is 63.7. The van der Waals surface area contributed by atoms with Crippen LogP contribution in [0.2, 0.25) is 0 Å². The van der Waals surface area contributed by atoms with Gasteiger partial charge < -0.3 is 55.8 Å². The van der Waals surface area contributed by atoms with Crippen molar-refractivity contribution in [2.75, 3.05) is 33.5 Å². The number of carbonyl (C=O) groups excluding carboxylic acids is 12. The molecule has 576 valence electrons. The van der Waals surface area contributed by atoms with Gasteiger partial charge in [-0.25, -0.2) is 14.4 Å². The Morgan fingerprint density at radius 1 is 0.550 bits per heavy atom. The minimum absolute atomic E-state index is 0. The largest absolute Gasteiger partial charge is 0.468 e. The molecule has 3 atom stereocenters. The molecule has 23 nitrogen and oxygen atoms in total. The number of fused-ring (bicyclic) bond motifs is 3. The molecule has 0 saturated heterocycles. The lowest BCUT2D eigenvalue weighted by molar-refractivity contribution is -0.193. The predicted octanol–water partition coefficient (Wildman–Crippen LogP) is 14.1. The van der Waals surface area contributed by atoms with Gasteiger partial charge in [0.05, 0.1) is 21.7 Å². The van der Waals surface area contributed by atoms with Crippen LogP contribution in [0.3, 0.4) is 0 Å². The minimum atomic E-state index is -1.02. The molecule has 24 heteroatoms. The van der Waals surface area contributed by atoms with Crippen LogP contribution in [0.1, 0.15) is 280 Å². The first-order valence-electron chi connectivity index (χ1n) is 34.5. The molecule has 0 fully saturated rings. The second-order valence-corrected chi connectivity index (χ2v) is 29.7. The first-order chi connectivity index (χ1) is 45.8. The summed E-state index contributed by atoms with van der Waals surface area (Å²) in [6.07, 6.45) is 19.0. The van der Waals surface area contributed by atoms with Crippen molar-refractivity contribution in [2.45, 2.75) is 308 Å². The molecule has 0 spiro atoms. The third-order valence-electron chi connectivity index (χ3n) is 13.0. The van der Waals surface area contributed by atoms with E-state index in [-0.39, 0.29) is 99.4 Å². The maximum absolute atomic E-state index is 12.7. The summed E-state index contributed by atoms with van der Waals surface area (Å²) in [6, 6.07) is 13.9. The molecule has 1 aliphatic carbocycles. The lowest BCUT2D eigenvalue weighted by Crippen LogP contribution is -2.51. The molecule has 0 aromatic heterocycles. The number of carbonyl (C=O) groups is 8. The zero-order valence-corrected chi connectivity index (χ0v) is 62.7. The number of unbranched alkanes of at least 4 members (excludes halogenated alkanes) is 13. The first kappa shape index (κ1) is 101. The number of rotatable bonds is 31. The fourth-order valence-electron chi connectivity index (χ4n) is 9.00. The number of benzene rings is 2. The summed E-state index contributed by atoms with van der Waals surface area (Å²) in [5.74, 6) is -2.04. The van der Waals surface area contributed by atoms with Gasteiger partial charge in [-0.15, -0.1) is 0 Å². The van der Waals surface area contributed by atoms with Gasteiger partial charge in [0.2, 0.25) is 11.8 Å². The molecule has 0 heterocycles. The highest BCUT2D eigenvalue weighted by molar-refractivity contribution is 5.86. The van der Waals surface area contributed by atoms with Crippen LogP contribution < -0.4 is 27.4 Å². The Bertz CT molecular complexity index is 2620. The number of nitrogens with one attached hydrogen (secondary N) is 3. The van der Waals surface area contributed by atoms with Crippen molar-refractivity contribution < 1.29 is 91.7 Å². The molecule has 0 bridgehead atoms. The van der Waals surface area contributed by atoms with Gasteiger partial charge in [0.1, 0.15) is 47.1 Å². The summed E-state index contributed by atoms with van der Waals surface area (Å²) in [5, 5.41) is 7.91. The van der Waals surface area contributed by atoms with Gasteiger partial charge >= 0.3 is 42.3 Å². The predicted molar refractivity (Wildman–Crippen MR) is 388 cm³/mol. The van der Waals surface area contributed by atoms with Gasteiger partial charge in [0.25, 0.3) is 6.47 Å². The summed E-state index contributed by atoms with van der Waals surface area (Å²) >= 11 is 0. The maximum atomic E-state index is 12.7. The molecule has 0 radical (unpaired) electrons. The maximum Gasteiger partial charge on any atom is 0.407 e. The molecule has 100 heavy (non-hydrogen) atoms. The number of esters is 4. The molecular weight excluding hydrogens is 1290 g/mol. The number of alkyl carbamates (subject to hydrolysis) is 1. The average molecular weight is 1420 g/mol. The van der Waals surface area contributed by atoms with Crippen molar-refractivity contribution in [3.05, 3.63) is 59.7 Å². The van der Waals surface area contributed by atoms with Crippen LogP contribution >= 0.6 is 0 Å². The first-order valence-corrected chi connectivity index (χ1v) is 33.8. The number of halogens is 1. The smallest absolute Gasteiger partial charge is 0.407 e. The van der Waals surface area contributed by atoms with Gasteiger partial charge in [-0.3, -0.25) is 28.4 Å². The van der Waals surface area contributed by atoms with E-state index >= 15 is 0 Å². The second-order valence-electron chi connectivity index (χ2n) is 29.7. The Kier molecular flexibility index (Phi) is 57.0. The number of hydrogen-bond donors (Lipinski definition) is 5. The van der Waals surface area contributed by atoms with Crippen LogP contribution in [0.15, 0.2) is 48.5 Å². The van der Waals surface area contributed by atoms with Crippen LogP contribution in [0.5, 0.6) is 0 Å². The molecule has 7 N–H and O–H groups in total. The highest BCUT2D eigenvalue weighted by Gasteiger charge is 2.32. The Morgan fingerprint density at radius 2 is 0.880 bits per heavy atom. The number of nitrogens with two attached hydrogens (primary N) is 2. The van der Waals surface area contributed by atoms with Crippen LogP contribution in [-0.2, 0) is 81.2 Å². The topological polar surface area (TPSA) is 348 Å². The van der Waals surface area contributed by atoms with Crippen molar-refractivity contribution in [2.24, 2.45) is 22.3 Å². The number of amides is 3. The van der Waals surface area contributed by atoms with Gasteiger partial charge in [-0.1, -0.05) is 189 Å². The fourth-order valence-corrected chi connectivity index (χ4v) is 9.00. The highest BCUT2D eigenvalue weighted by atomic mass is 19.1.